The average Bonchev–Trinajstić information content (AvgIpc) is 3.26. The van der Waals surface area contributed by atoms with Crippen LogP contribution in [0.3, 0.4) is 0 Å². The van der Waals surface area contributed by atoms with E-state index in [9.17, 15) is 4.79 Å². The van der Waals surface area contributed by atoms with Gasteiger partial charge in [-0.3, -0.25) is 4.79 Å². The molecule has 0 spiro atoms. The van der Waals surface area contributed by atoms with Crippen molar-refractivity contribution in [2.75, 3.05) is 6.54 Å². The summed E-state index contributed by atoms with van der Waals surface area (Å²) in [6.07, 6.45) is 10.2. The molecule has 1 saturated heterocycles. The number of carbonyl (C=O) groups excluding carboxylic acids is 1. The molecule has 0 aliphatic carbocycles. The van der Waals surface area contributed by atoms with Crippen LogP contribution in [-0.2, 0) is 6.54 Å². The van der Waals surface area contributed by atoms with Gasteiger partial charge in [-0.2, -0.15) is 0 Å². The van der Waals surface area contributed by atoms with Crippen LogP contribution in [0.25, 0.3) is 5.52 Å². The monoisotopic (exact) mass is 336 g/mol. The summed E-state index contributed by atoms with van der Waals surface area (Å²) < 4.78 is 4.16. The van der Waals surface area contributed by atoms with Crippen molar-refractivity contribution in [3.63, 3.8) is 0 Å². The van der Waals surface area contributed by atoms with Crippen molar-refractivity contribution in [2.45, 2.75) is 45.2 Å². The lowest BCUT2D eigenvalue weighted by atomic mass is 9.98. The summed E-state index contributed by atoms with van der Waals surface area (Å²) in [6, 6.07) is 10.3. The Morgan fingerprint density at radius 1 is 1.20 bits per heavy atom. The standard InChI is InChI=1S/C20H24N4O/c1-16-21-11-15-22(16)14-10-18-7-3-5-13-24(18)20(25)19-9-8-17-6-2-4-12-23(17)19/h2,4,6,8-9,11-12,15,18H,3,5,7,10,13-14H2,1H3. The lowest BCUT2D eigenvalue weighted by Gasteiger charge is -2.36. The van der Waals surface area contributed by atoms with Crippen LogP contribution >= 0.6 is 0 Å². The van der Waals surface area contributed by atoms with E-state index < -0.39 is 0 Å². The zero-order valence-corrected chi connectivity index (χ0v) is 14.6. The molecule has 3 aromatic heterocycles. The maximum atomic E-state index is 13.2. The third-order valence-electron chi connectivity index (χ3n) is 5.30. The van der Waals surface area contributed by atoms with Crippen LogP contribution in [0.4, 0.5) is 0 Å². The number of aryl methyl sites for hydroxylation is 2. The highest BCUT2D eigenvalue weighted by molar-refractivity contribution is 5.94. The van der Waals surface area contributed by atoms with E-state index in [4.69, 9.17) is 0 Å². The number of nitrogens with zero attached hydrogens (tertiary/aromatic N) is 4. The van der Waals surface area contributed by atoms with E-state index in [1.807, 2.05) is 60.2 Å². The Labute approximate surface area is 147 Å². The molecule has 1 unspecified atom stereocenters. The number of hydrogen-bond donors (Lipinski definition) is 0. The highest BCUT2D eigenvalue weighted by atomic mass is 16.2. The average molecular weight is 336 g/mol. The van der Waals surface area contributed by atoms with Crippen LogP contribution in [0.1, 0.15) is 42.0 Å². The number of rotatable bonds is 4. The lowest BCUT2D eigenvalue weighted by Crippen LogP contribution is -2.44. The molecule has 4 heterocycles. The molecule has 1 aliphatic heterocycles. The van der Waals surface area contributed by atoms with Gasteiger partial charge in [-0.25, -0.2) is 4.98 Å². The lowest BCUT2D eigenvalue weighted by molar-refractivity contribution is 0.0588. The van der Waals surface area contributed by atoms with Crippen molar-refractivity contribution in [1.82, 2.24) is 18.9 Å². The first-order valence-corrected chi connectivity index (χ1v) is 9.09. The summed E-state index contributed by atoms with van der Waals surface area (Å²) in [7, 11) is 0. The van der Waals surface area contributed by atoms with Gasteiger partial charge in [-0.05, 0) is 56.9 Å². The Morgan fingerprint density at radius 3 is 2.96 bits per heavy atom. The molecule has 0 aromatic carbocycles. The fraction of sp³-hybridized carbons (Fsp3) is 0.400. The van der Waals surface area contributed by atoms with Gasteiger partial charge in [0.25, 0.3) is 5.91 Å². The molecule has 0 bridgehead atoms. The number of imidazole rings is 1. The quantitative estimate of drug-likeness (QED) is 0.731. The van der Waals surface area contributed by atoms with Crippen molar-refractivity contribution < 1.29 is 4.79 Å². The van der Waals surface area contributed by atoms with E-state index in [1.165, 1.54) is 6.42 Å². The molecule has 0 radical (unpaired) electrons. The highest BCUT2D eigenvalue weighted by Gasteiger charge is 2.28. The largest absolute Gasteiger partial charge is 0.335 e. The first-order chi connectivity index (χ1) is 12.2. The minimum atomic E-state index is 0.151. The van der Waals surface area contributed by atoms with Crippen molar-refractivity contribution >= 4 is 11.4 Å². The van der Waals surface area contributed by atoms with Crippen LogP contribution < -0.4 is 0 Å². The summed E-state index contributed by atoms with van der Waals surface area (Å²) in [5, 5.41) is 0. The van der Waals surface area contributed by atoms with Crippen LogP contribution in [-0.4, -0.2) is 37.3 Å². The minimum Gasteiger partial charge on any atom is -0.335 e. The number of aromatic nitrogens is 3. The highest BCUT2D eigenvalue weighted by Crippen LogP contribution is 2.23. The molecule has 5 heteroatoms. The van der Waals surface area contributed by atoms with E-state index in [0.29, 0.717) is 6.04 Å². The third kappa shape index (κ3) is 3.06. The molecule has 1 aliphatic rings. The molecule has 0 saturated carbocycles. The van der Waals surface area contributed by atoms with Gasteiger partial charge in [-0.1, -0.05) is 6.07 Å². The van der Waals surface area contributed by atoms with Crippen molar-refractivity contribution in [2.24, 2.45) is 0 Å². The number of hydrogen-bond acceptors (Lipinski definition) is 2. The van der Waals surface area contributed by atoms with Crippen molar-refractivity contribution in [3.05, 3.63) is 60.4 Å². The topological polar surface area (TPSA) is 42.5 Å². The second-order valence-corrected chi connectivity index (χ2v) is 6.82. The molecule has 0 N–H and O–H groups in total. The van der Waals surface area contributed by atoms with E-state index >= 15 is 0 Å². The number of amides is 1. The third-order valence-corrected chi connectivity index (χ3v) is 5.30. The van der Waals surface area contributed by atoms with E-state index in [-0.39, 0.29) is 5.91 Å². The minimum absolute atomic E-state index is 0.151. The predicted molar refractivity (Wildman–Crippen MR) is 97.7 cm³/mol. The molecule has 1 amide bonds. The SMILES string of the molecule is Cc1nccn1CCC1CCCCN1C(=O)c1ccc2ccccn12. The van der Waals surface area contributed by atoms with Gasteiger partial charge in [0, 0.05) is 43.2 Å². The molecular weight excluding hydrogens is 312 g/mol. The van der Waals surface area contributed by atoms with Crippen LogP contribution in [0.5, 0.6) is 0 Å². The van der Waals surface area contributed by atoms with Crippen molar-refractivity contribution in [1.29, 1.82) is 0 Å². The second kappa shape index (κ2) is 6.75. The van der Waals surface area contributed by atoms with E-state index in [2.05, 4.69) is 14.5 Å². The summed E-state index contributed by atoms with van der Waals surface area (Å²) in [5.74, 6) is 1.18. The Morgan fingerprint density at radius 2 is 2.12 bits per heavy atom. The van der Waals surface area contributed by atoms with Gasteiger partial charge in [0.1, 0.15) is 11.5 Å². The number of piperidine rings is 1. The Hall–Kier alpha value is -2.56. The van der Waals surface area contributed by atoms with Gasteiger partial charge in [0.05, 0.1) is 0 Å². The number of likely N-dealkylation sites (tertiary alicyclic amines) is 1. The molecule has 1 fully saturated rings. The normalized spacial score (nSPS) is 18.0. The molecule has 25 heavy (non-hydrogen) atoms. The van der Waals surface area contributed by atoms with E-state index in [1.54, 1.807) is 0 Å². The van der Waals surface area contributed by atoms with Gasteiger partial charge in [-0.15, -0.1) is 0 Å². The van der Waals surface area contributed by atoms with Gasteiger partial charge in [0.2, 0.25) is 0 Å². The number of pyridine rings is 1. The number of fused-ring (bicyclic) bond motifs is 1. The summed E-state index contributed by atoms with van der Waals surface area (Å²) in [5.41, 5.74) is 1.83. The Balaban J connectivity index is 1.54. The van der Waals surface area contributed by atoms with E-state index in [0.717, 1.165) is 49.4 Å². The molecule has 5 nitrogen and oxygen atoms in total. The fourth-order valence-corrected chi connectivity index (χ4v) is 3.87. The molecular formula is C20H24N4O. The molecule has 4 rings (SSSR count). The second-order valence-electron chi connectivity index (χ2n) is 6.82. The molecule has 130 valence electrons. The predicted octanol–water partition coefficient (Wildman–Crippen LogP) is 3.53. The van der Waals surface area contributed by atoms with Gasteiger partial charge >= 0.3 is 0 Å². The van der Waals surface area contributed by atoms with Crippen LogP contribution in [0.15, 0.2) is 48.9 Å². The fourth-order valence-electron chi connectivity index (χ4n) is 3.87. The maximum absolute atomic E-state index is 13.2. The first kappa shape index (κ1) is 15.9. The zero-order chi connectivity index (χ0) is 17.2. The summed E-state index contributed by atoms with van der Waals surface area (Å²) in [6.45, 7) is 3.79. The summed E-state index contributed by atoms with van der Waals surface area (Å²) >= 11 is 0. The van der Waals surface area contributed by atoms with Gasteiger partial charge in [0.15, 0.2) is 0 Å². The molecule has 1 atom stereocenters. The van der Waals surface area contributed by atoms with Gasteiger partial charge < -0.3 is 13.9 Å². The Kier molecular flexibility index (Phi) is 4.30. The smallest absolute Gasteiger partial charge is 0.271 e. The van der Waals surface area contributed by atoms with Crippen LogP contribution in [0, 0.1) is 6.92 Å². The first-order valence-electron chi connectivity index (χ1n) is 9.09. The summed E-state index contributed by atoms with van der Waals surface area (Å²) in [4.78, 5) is 19.6. The molecule has 3 aromatic rings. The maximum Gasteiger partial charge on any atom is 0.271 e. The zero-order valence-electron chi connectivity index (χ0n) is 14.6. The number of carbonyl (C=O) groups is 1. The Bertz CT molecular complexity index is 879. The van der Waals surface area contributed by atoms with Crippen molar-refractivity contribution in [3.8, 4) is 0 Å². The van der Waals surface area contributed by atoms with Crippen LogP contribution in [0.2, 0.25) is 0 Å².